The fourth-order valence-electron chi connectivity index (χ4n) is 4.55. The largest absolute Gasteiger partial charge is 0.323 e. The second-order valence-electron chi connectivity index (χ2n) is 8.58. The second-order valence-corrected chi connectivity index (χ2v) is 10.1. The molecular formula is C28H24N4OS2. The molecule has 0 bridgehead atoms. The number of nitriles is 1. The number of thiocarbonyl (C=S) groups is 1. The molecule has 1 aliphatic carbocycles. The Bertz CT molecular complexity index is 1450. The summed E-state index contributed by atoms with van der Waals surface area (Å²) in [5, 5.41) is 17.4. The molecule has 2 aromatic heterocycles. The zero-order valence-corrected chi connectivity index (χ0v) is 20.8. The van der Waals surface area contributed by atoms with Crippen LogP contribution in [0, 0.1) is 11.3 Å². The van der Waals surface area contributed by atoms with E-state index in [1.807, 2.05) is 54.6 Å². The van der Waals surface area contributed by atoms with E-state index in [-0.39, 0.29) is 11.0 Å². The maximum atomic E-state index is 13.4. The van der Waals surface area contributed by atoms with E-state index in [1.54, 1.807) is 17.4 Å². The maximum Gasteiger partial charge on any atom is 0.258 e. The average Bonchev–Trinajstić information content (AvgIpc) is 3.18. The molecule has 0 radical (unpaired) electrons. The Hall–Kier alpha value is -3.60. The van der Waals surface area contributed by atoms with Gasteiger partial charge in [0.15, 0.2) is 5.11 Å². The lowest BCUT2D eigenvalue weighted by Crippen LogP contribution is -2.34. The number of amides is 1. The van der Waals surface area contributed by atoms with Gasteiger partial charge < -0.3 is 5.32 Å². The lowest BCUT2D eigenvalue weighted by molar-refractivity contribution is 0.0979. The first-order valence-electron chi connectivity index (χ1n) is 11.8. The van der Waals surface area contributed by atoms with E-state index in [0.717, 1.165) is 53.4 Å². The van der Waals surface area contributed by atoms with Gasteiger partial charge in [-0.15, -0.1) is 11.3 Å². The normalized spacial score (nSPS) is 13.2. The number of thiophene rings is 1. The van der Waals surface area contributed by atoms with E-state index in [4.69, 9.17) is 17.2 Å². The number of aryl methyl sites for hydroxylation is 1. The van der Waals surface area contributed by atoms with E-state index < -0.39 is 0 Å². The quantitative estimate of drug-likeness (QED) is 0.312. The zero-order chi connectivity index (χ0) is 24.2. The van der Waals surface area contributed by atoms with Crippen LogP contribution in [0.3, 0.4) is 0 Å². The lowest BCUT2D eigenvalue weighted by atomic mass is 9.97. The summed E-state index contributed by atoms with van der Waals surface area (Å²) in [5.41, 5.74) is 4.69. The minimum Gasteiger partial charge on any atom is -0.323 e. The fourth-order valence-corrected chi connectivity index (χ4v) is 6.05. The van der Waals surface area contributed by atoms with Crippen molar-refractivity contribution in [3.63, 3.8) is 0 Å². The van der Waals surface area contributed by atoms with Crippen molar-refractivity contribution in [3.05, 3.63) is 82.2 Å². The molecule has 0 saturated heterocycles. The van der Waals surface area contributed by atoms with Crippen molar-refractivity contribution in [2.45, 2.75) is 38.5 Å². The van der Waals surface area contributed by atoms with Crippen molar-refractivity contribution in [2.75, 3.05) is 5.32 Å². The van der Waals surface area contributed by atoms with Crippen LogP contribution in [0.4, 0.5) is 5.00 Å². The van der Waals surface area contributed by atoms with Crippen LogP contribution in [-0.4, -0.2) is 16.0 Å². The van der Waals surface area contributed by atoms with Crippen molar-refractivity contribution in [1.29, 1.82) is 5.26 Å². The Morgan fingerprint density at radius 1 is 1.00 bits per heavy atom. The Labute approximate surface area is 213 Å². The van der Waals surface area contributed by atoms with E-state index in [2.05, 4.69) is 16.7 Å². The smallest absolute Gasteiger partial charge is 0.258 e. The summed E-state index contributed by atoms with van der Waals surface area (Å²) in [6.07, 6.45) is 6.56. The van der Waals surface area contributed by atoms with Crippen molar-refractivity contribution >= 4 is 50.5 Å². The highest BCUT2D eigenvalue weighted by molar-refractivity contribution is 7.80. The van der Waals surface area contributed by atoms with Crippen LogP contribution >= 0.6 is 23.6 Å². The van der Waals surface area contributed by atoms with Gasteiger partial charge in [-0.05, 0) is 55.6 Å². The summed E-state index contributed by atoms with van der Waals surface area (Å²) in [6.45, 7) is 0. The van der Waals surface area contributed by atoms with Gasteiger partial charge in [0, 0.05) is 15.8 Å². The number of aromatic nitrogens is 1. The van der Waals surface area contributed by atoms with E-state index in [0.29, 0.717) is 16.1 Å². The van der Waals surface area contributed by atoms with Crippen LogP contribution in [0.5, 0.6) is 0 Å². The molecule has 174 valence electrons. The number of pyridine rings is 1. The fraction of sp³-hybridized carbons (Fsp3) is 0.214. The molecule has 2 aromatic carbocycles. The molecule has 35 heavy (non-hydrogen) atoms. The van der Waals surface area contributed by atoms with Gasteiger partial charge in [-0.1, -0.05) is 61.4 Å². The third-order valence-corrected chi connectivity index (χ3v) is 7.68. The zero-order valence-electron chi connectivity index (χ0n) is 19.1. The highest BCUT2D eigenvalue weighted by atomic mass is 32.1. The summed E-state index contributed by atoms with van der Waals surface area (Å²) < 4.78 is 0. The summed E-state index contributed by atoms with van der Waals surface area (Å²) in [5.74, 6) is -0.313. The standard InChI is InChI=1S/C28H24N4OS2/c29-17-22-20-13-6-1-2-7-15-25(20)35-27(22)32-28(34)31-26(33)21-16-24(18-10-4-3-5-11-18)30-23-14-9-8-12-19(21)23/h3-5,8-12,14,16H,1-2,6-7,13,15H2,(H2,31,32,33,34). The molecule has 4 aromatic rings. The third kappa shape index (κ3) is 4.95. The third-order valence-electron chi connectivity index (χ3n) is 6.27. The molecule has 5 rings (SSSR count). The molecule has 2 heterocycles. The summed E-state index contributed by atoms with van der Waals surface area (Å²) in [4.78, 5) is 19.4. The molecule has 0 unspecified atom stereocenters. The number of nitrogens with one attached hydrogen (secondary N) is 2. The number of rotatable bonds is 3. The Balaban J connectivity index is 1.42. The van der Waals surface area contributed by atoms with Crippen molar-refractivity contribution in [3.8, 4) is 17.3 Å². The predicted octanol–water partition coefficient (Wildman–Crippen LogP) is 6.62. The van der Waals surface area contributed by atoms with Crippen LogP contribution in [0.2, 0.25) is 0 Å². The molecule has 0 saturated carbocycles. The monoisotopic (exact) mass is 496 g/mol. The number of para-hydroxylation sites is 1. The number of carbonyl (C=O) groups is 1. The minimum atomic E-state index is -0.313. The molecule has 1 amide bonds. The highest BCUT2D eigenvalue weighted by Gasteiger charge is 2.21. The Morgan fingerprint density at radius 2 is 1.74 bits per heavy atom. The SMILES string of the molecule is N#Cc1c(NC(=S)NC(=O)c2cc(-c3ccccc3)nc3ccccc23)sc2c1CCCCCC2. The van der Waals surface area contributed by atoms with Gasteiger partial charge in [-0.2, -0.15) is 5.26 Å². The van der Waals surface area contributed by atoms with Gasteiger partial charge in [0.1, 0.15) is 11.1 Å². The molecule has 0 fully saturated rings. The van der Waals surface area contributed by atoms with E-state index in [9.17, 15) is 10.1 Å². The molecular weight excluding hydrogens is 472 g/mol. The van der Waals surface area contributed by atoms with Crippen LogP contribution in [0.15, 0.2) is 60.7 Å². The van der Waals surface area contributed by atoms with Crippen LogP contribution < -0.4 is 10.6 Å². The molecule has 5 nitrogen and oxygen atoms in total. The summed E-state index contributed by atoms with van der Waals surface area (Å²) in [6, 6.07) is 21.5. The minimum absolute atomic E-state index is 0.183. The highest BCUT2D eigenvalue weighted by Crippen LogP contribution is 2.36. The summed E-state index contributed by atoms with van der Waals surface area (Å²) >= 11 is 7.08. The van der Waals surface area contributed by atoms with Crippen molar-refractivity contribution < 1.29 is 4.79 Å². The maximum absolute atomic E-state index is 13.4. The van der Waals surface area contributed by atoms with Crippen LogP contribution in [0.1, 0.15) is 52.0 Å². The Morgan fingerprint density at radius 3 is 2.54 bits per heavy atom. The van der Waals surface area contributed by atoms with Gasteiger partial charge in [0.25, 0.3) is 5.91 Å². The van der Waals surface area contributed by atoms with Crippen molar-refractivity contribution in [2.24, 2.45) is 0 Å². The lowest BCUT2D eigenvalue weighted by Gasteiger charge is -2.12. The Kier molecular flexibility index (Phi) is 6.84. The molecule has 7 heteroatoms. The van der Waals surface area contributed by atoms with Crippen LogP contribution in [0.25, 0.3) is 22.2 Å². The van der Waals surface area contributed by atoms with Gasteiger partial charge >= 0.3 is 0 Å². The number of benzene rings is 2. The number of nitrogens with zero attached hydrogens (tertiary/aromatic N) is 2. The van der Waals surface area contributed by atoms with Gasteiger partial charge in [0.2, 0.25) is 0 Å². The van der Waals surface area contributed by atoms with Gasteiger partial charge in [-0.3, -0.25) is 10.1 Å². The topological polar surface area (TPSA) is 77.8 Å². The molecule has 0 spiro atoms. The molecule has 0 aliphatic heterocycles. The molecule has 0 atom stereocenters. The van der Waals surface area contributed by atoms with E-state index >= 15 is 0 Å². The van der Waals surface area contributed by atoms with E-state index in [1.165, 1.54) is 17.7 Å². The number of hydrogen-bond acceptors (Lipinski definition) is 5. The molecule has 2 N–H and O–H groups in total. The number of anilines is 1. The number of hydrogen-bond donors (Lipinski definition) is 2. The summed E-state index contributed by atoms with van der Waals surface area (Å²) in [7, 11) is 0. The number of carbonyl (C=O) groups excluding carboxylic acids is 1. The van der Waals surface area contributed by atoms with Gasteiger partial charge in [0.05, 0.1) is 22.3 Å². The second kappa shape index (κ2) is 10.3. The predicted molar refractivity (Wildman–Crippen MR) is 146 cm³/mol. The van der Waals surface area contributed by atoms with Crippen molar-refractivity contribution in [1.82, 2.24) is 10.3 Å². The first-order chi connectivity index (χ1) is 17.1. The average molecular weight is 497 g/mol. The molecule has 1 aliphatic rings. The number of fused-ring (bicyclic) bond motifs is 2. The van der Waals surface area contributed by atoms with Crippen LogP contribution in [-0.2, 0) is 12.8 Å². The van der Waals surface area contributed by atoms with Gasteiger partial charge in [-0.25, -0.2) is 4.98 Å². The first kappa shape index (κ1) is 23.2. The first-order valence-corrected chi connectivity index (χ1v) is 13.0.